The average Bonchev–Trinajstić information content (AvgIpc) is 3.19. The second kappa shape index (κ2) is 11.2. The highest BCUT2D eigenvalue weighted by Crippen LogP contribution is 2.22. The first-order valence-electron chi connectivity index (χ1n) is 11.7. The van der Waals surface area contributed by atoms with Gasteiger partial charge in [-0.15, -0.1) is 0 Å². The summed E-state index contributed by atoms with van der Waals surface area (Å²) >= 11 is 6.10. The Bertz CT molecular complexity index is 1280. The van der Waals surface area contributed by atoms with Crippen LogP contribution < -0.4 is 10.1 Å². The van der Waals surface area contributed by atoms with Gasteiger partial charge >= 0.3 is 0 Å². The van der Waals surface area contributed by atoms with Crippen molar-refractivity contribution in [2.45, 2.75) is 39.7 Å². The van der Waals surface area contributed by atoms with Gasteiger partial charge in [-0.25, -0.2) is 4.98 Å². The molecular weight excluding hydrogens is 446 g/mol. The van der Waals surface area contributed by atoms with E-state index in [4.69, 9.17) is 21.3 Å². The maximum absolute atomic E-state index is 12.5. The Labute approximate surface area is 205 Å². The molecule has 0 aliphatic carbocycles. The van der Waals surface area contributed by atoms with Crippen LogP contribution in [0.3, 0.4) is 0 Å². The van der Waals surface area contributed by atoms with E-state index in [-0.39, 0.29) is 5.91 Å². The molecule has 0 aliphatic heterocycles. The first-order chi connectivity index (χ1) is 16.5. The van der Waals surface area contributed by atoms with Crippen LogP contribution in [0.2, 0.25) is 5.02 Å². The second-order valence-corrected chi connectivity index (χ2v) is 8.86. The number of hydrogen-bond donors (Lipinski definition) is 1. The van der Waals surface area contributed by atoms with Crippen LogP contribution in [0.5, 0.6) is 5.75 Å². The molecule has 0 bridgehead atoms. The molecule has 176 valence electrons. The molecule has 0 aliphatic rings. The number of nitrogens with one attached hydrogen (secondary N) is 1. The van der Waals surface area contributed by atoms with Crippen LogP contribution in [0.15, 0.2) is 66.7 Å². The standard InChI is InChI=1S/C28H30ClN3O2/c1-20-9-3-4-10-23(20)28(33)30-16-7-13-27-31-25-11-5-6-12-26(25)32(27)17-8-18-34-22-14-15-24(29)21(2)19-22/h3-6,9-12,14-15,19H,7-8,13,16-18H2,1-2H3,(H,30,33). The zero-order chi connectivity index (χ0) is 23.9. The van der Waals surface area contributed by atoms with Gasteiger partial charge in [-0.05, 0) is 74.2 Å². The largest absolute Gasteiger partial charge is 0.494 e. The topological polar surface area (TPSA) is 56.1 Å². The minimum absolute atomic E-state index is 0.0267. The summed E-state index contributed by atoms with van der Waals surface area (Å²) in [5.41, 5.74) is 4.85. The summed E-state index contributed by atoms with van der Waals surface area (Å²) < 4.78 is 8.20. The Balaban J connectivity index is 1.33. The van der Waals surface area contributed by atoms with Crippen LogP contribution in [0.1, 0.15) is 40.2 Å². The van der Waals surface area contributed by atoms with Crippen LogP contribution in [0.4, 0.5) is 0 Å². The van der Waals surface area contributed by atoms with E-state index >= 15 is 0 Å². The van der Waals surface area contributed by atoms with Crippen LogP contribution in [-0.4, -0.2) is 28.6 Å². The van der Waals surface area contributed by atoms with E-state index in [0.717, 1.165) is 70.1 Å². The van der Waals surface area contributed by atoms with Crippen molar-refractivity contribution in [3.63, 3.8) is 0 Å². The lowest BCUT2D eigenvalue weighted by molar-refractivity contribution is 0.0952. The van der Waals surface area contributed by atoms with Crippen molar-refractivity contribution in [2.75, 3.05) is 13.2 Å². The number of aryl methyl sites for hydroxylation is 4. The normalized spacial score (nSPS) is 11.0. The number of rotatable bonds is 10. The number of aromatic nitrogens is 2. The van der Waals surface area contributed by atoms with Crippen LogP contribution >= 0.6 is 11.6 Å². The fraction of sp³-hybridized carbons (Fsp3) is 0.286. The van der Waals surface area contributed by atoms with Gasteiger partial charge in [-0.2, -0.15) is 0 Å². The Morgan fingerprint density at radius 2 is 1.79 bits per heavy atom. The number of para-hydroxylation sites is 2. The predicted octanol–water partition coefficient (Wildman–Crippen LogP) is 6.14. The highest BCUT2D eigenvalue weighted by Gasteiger charge is 2.11. The number of nitrogens with zero attached hydrogens (tertiary/aromatic N) is 2. The molecule has 0 saturated carbocycles. The van der Waals surface area contributed by atoms with Crippen LogP contribution in [-0.2, 0) is 13.0 Å². The molecule has 1 aromatic heterocycles. The molecule has 34 heavy (non-hydrogen) atoms. The molecule has 1 amide bonds. The number of fused-ring (bicyclic) bond motifs is 1. The molecule has 0 fully saturated rings. The minimum atomic E-state index is -0.0267. The Morgan fingerprint density at radius 3 is 2.62 bits per heavy atom. The summed E-state index contributed by atoms with van der Waals surface area (Å²) in [5, 5.41) is 3.78. The highest BCUT2D eigenvalue weighted by atomic mass is 35.5. The van der Waals surface area contributed by atoms with Crippen molar-refractivity contribution in [3.8, 4) is 5.75 Å². The van der Waals surface area contributed by atoms with E-state index < -0.39 is 0 Å². The van der Waals surface area contributed by atoms with Gasteiger partial charge in [0.05, 0.1) is 17.6 Å². The molecule has 1 N–H and O–H groups in total. The molecule has 0 radical (unpaired) electrons. The van der Waals surface area contributed by atoms with Crippen molar-refractivity contribution < 1.29 is 9.53 Å². The van der Waals surface area contributed by atoms with Crippen molar-refractivity contribution in [1.82, 2.24) is 14.9 Å². The van der Waals surface area contributed by atoms with Gasteiger partial charge in [0.15, 0.2) is 0 Å². The fourth-order valence-electron chi connectivity index (χ4n) is 4.06. The summed E-state index contributed by atoms with van der Waals surface area (Å²) in [4.78, 5) is 17.3. The number of carbonyl (C=O) groups excluding carboxylic acids is 1. The van der Waals surface area contributed by atoms with E-state index in [0.29, 0.717) is 13.2 Å². The molecule has 4 rings (SSSR count). The number of carbonyl (C=O) groups is 1. The molecule has 0 spiro atoms. The molecule has 0 unspecified atom stereocenters. The summed E-state index contributed by atoms with van der Waals surface area (Å²) in [6, 6.07) is 21.6. The fourth-order valence-corrected chi connectivity index (χ4v) is 4.17. The minimum Gasteiger partial charge on any atom is -0.494 e. The van der Waals surface area contributed by atoms with E-state index in [1.807, 2.05) is 74.5 Å². The van der Waals surface area contributed by atoms with E-state index in [2.05, 4.69) is 16.0 Å². The quantitative estimate of drug-likeness (QED) is 0.280. The number of halogens is 1. The molecule has 0 atom stereocenters. The van der Waals surface area contributed by atoms with E-state index in [9.17, 15) is 4.79 Å². The average molecular weight is 476 g/mol. The van der Waals surface area contributed by atoms with Crippen LogP contribution in [0.25, 0.3) is 11.0 Å². The number of ether oxygens (including phenoxy) is 1. The first-order valence-corrected chi connectivity index (χ1v) is 12.1. The SMILES string of the molecule is Cc1cc(OCCCn2c(CCCNC(=O)c3ccccc3C)nc3ccccc32)ccc1Cl. The van der Waals surface area contributed by atoms with Crippen molar-refractivity contribution in [1.29, 1.82) is 0 Å². The number of amides is 1. The third-order valence-corrected chi connectivity index (χ3v) is 6.33. The number of hydrogen-bond acceptors (Lipinski definition) is 3. The summed E-state index contributed by atoms with van der Waals surface area (Å²) in [6.07, 6.45) is 2.47. The zero-order valence-corrected chi connectivity index (χ0v) is 20.4. The van der Waals surface area contributed by atoms with Crippen molar-refractivity contribution in [2.24, 2.45) is 0 Å². The highest BCUT2D eigenvalue weighted by molar-refractivity contribution is 6.31. The first kappa shape index (κ1) is 23.8. The lowest BCUT2D eigenvalue weighted by Gasteiger charge is -2.12. The molecule has 0 saturated heterocycles. The Kier molecular flexibility index (Phi) is 7.86. The van der Waals surface area contributed by atoms with E-state index in [1.165, 1.54) is 0 Å². The number of imidazole rings is 1. The smallest absolute Gasteiger partial charge is 0.251 e. The Morgan fingerprint density at radius 1 is 1.00 bits per heavy atom. The summed E-state index contributed by atoms with van der Waals surface area (Å²) in [6.45, 7) is 5.96. The van der Waals surface area contributed by atoms with Gasteiger partial charge in [0, 0.05) is 30.1 Å². The van der Waals surface area contributed by atoms with Gasteiger partial charge < -0.3 is 14.6 Å². The maximum Gasteiger partial charge on any atom is 0.251 e. The monoisotopic (exact) mass is 475 g/mol. The van der Waals surface area contributed by atoms with Gasteiger partial charge in [-0.3, -0.25) is 4.79 Å². The van der Waals surface area contributed by atoms with Crippen molar-refractivity contribution >= 4 is 28.5 Å². The maximum atomic E-state index is 12.5. The molecule has 6 heteroatoms. The molecule has 1 heterocycles. The predicted molar refractivity (Wildman–Crippen MR) is 138 cm³/mol. The molecule has 4 aromatic rings. The molecule has 3 aromatic carbocycles. The van der Waals surface area contributed by atoms with Gasteiger partial charge in [0.1, 0.15) is 11.6 Å². The summed E-state index contributed by atoms with van der Waals surface area (Å²) in [5.74, 6) is 1.84. The Hall–Kier alpha value is -3.31. The third kappa shape index (κ3) is 5.78. The second-order valence-electron chi connectivity index (χ2n) is 8.46. The van der Waals surface area contributed by atoms with Gasteiger partial charge in [-0.1, -0.05) is 41.9 Å². The lowest BCUT2D eigenvalue weighted by Crippen LogP contribution is -2.25. The summed E-state index contributed by atoms with van der Waals surface area (Å²) in [7, 11) is 0. The van der Waals surface area contributed by atoms with E-state index in [1.54, 1.807) is 0 Å². The van der Waals surface area contributed by atoms with Gasteiger partial charge in [0.2, 0.25) is 0 Å². The molecular formula is C28H30ClN3O2. The third-order valence-electron chi connectivity index (χ3n) is 5.91. The zero-order valence-electron chi connectivity index (χ0n) is 19.7. The van der Waals surface area contributed by atoms with Crippen molar-refractivity contribution in [3.05, 3.63) is 94.3 Å². The molecule has 5 nitrogen and oxygen atoms in total. The number of benzene rings is 3. The van der Waals surface area contributed by atoms with Gasteiger partial charge in [0.25, 0.3) is 5.91 Å². The van der Waals surface area contributed by atoms with Crippen LogP contribution in [0, 0.1) is 13.8 Å². The lowest BCUT2D eigenvalue weighted by atomic mass is 10.1.